The first-order valence-electron chi connectivity index (χ1n) is 2.33. The van der Waals surface area contributed by atoms with E-state index in [0.29, 0.717) is 5.02 Å². The SMILES string of the molecule is Clc1[c-]cc(Cl)c(Cl)c1Cl.[Co]. The third-order valence-corrected chi connectivity index (χ3v) is 2.58. The maximum absolute atomic E-state index is 5.61. The Morgan fingerprint density at radius 3 is 2.00 bits per heavy atom. The standard InChI is InChI=1S/C6HCl4.Co/c7-3-1-2-4(8)6(10)5(3)9;/h1H;/q-1;. The molecule has 0 atom stereocenters. The Morgan fingerprint density at radius 1 is 1.00 bits per heavy atom. The molecule has 0 aliphatic heterocycles. The van der Waals surface area contributed by atoms with Gasteiger partial charge in [-0.15, -0.1) is 23.2 Å². The summed E-state index contributed by atoms with van der Waals surface area (Å²) in [7, 11) is 0. The second-order valence-corrected chi connectivity index (χ2v) is 3.12. The van der Waals surface area contributed by atoms with E-state index in [2.05, 4.69) is 6.07 Å². The number of halogens is 4. The molecule has 0 heterocycles. The quantitative estimate of drug-likeness (QED) is 0.379. The summed E-state index contributed by atoms with van der Waals surface area (Å²) in [5.41, 5.74) is 0. The van der Waals surface area contributed by atoms with Gasteiger partial charge in [-0.2, -0.15) is 35.3 Å². The molecule has 0 bridgehead atoms. The second kappa shape index (κ2) is 4.80. The van der Waals surface area contributed by atoms with Crippen molar-refractivity contribution in [3.05, 3.63) is 32.2 Å². The van der Waals surface area contributed by atoms with Crippen LogP contribution >= 0.6 is 46.4 Å². The second-order valence-electron chi connectivity index (χ2n) is 1.58. The van der Waals surface area contributed by atoms with Crippen molar-refractivity contribution in [3.63, 3.8) is 0 Å². The number of hydrogen-bond donors (Lipinski definition) is 0. The minimum absolute atomic E-state index is 0. The Morgan fingerprint density at radius 2 is 1.55 bits per heavy atom. The zero-order valence-corrected chi connectivity index (χ0v) is 8.99. The first-order chi connectivity index (χ1) is 4.63. The van der Waals surface area contributed by atoms with Gasteiger partial charge in [-0.3, -0.25) is 0 Å². The third-order valence-electron chi connectivity index (χ3n) is 0.921. The summed E-state index contributed by atoms with van der Waals surface area (Å²) in [6.45, 7) is 0. The van der Waals surface area contributed by atoms with Crippen LogP contribution in [0.3, 0.4) is 0 Å². The summed E-state index contributed by atoms with van der Waals surface area (Å²) in [4.78, 5) is 0. The van der Waals surface area contributed by atoms with Gasteiger partial charge in [-0.05, 0) is 10.0 Å². The van der Waals surface area contributed by atoms with Crippen LogP contribution in [0.4, 0.5) is 0 Å². The van der Waals surface area contributed by atoms with Crippen molar-refractivity contribution in [3.8, 4) is 0 Å². The van der Waals surface area contributed by atoms with Crippen LogP contribution in [0.15, 0.2) is 6.07 Å². The average Bonchev–Trinajstić information content (AvgIpc) is 1.93. The van der Waals surface area contributed by atoms with Crippen LogP contribution in [-0.2, 0) is 16.8 Å². The Bertz CT molecular complexity index is 234. The fourth-order valence-corrected chi connectivity index (χ4v) is 1.15. The van der Waals surface area contributed by atoms with Crippen LogP contribution < -0.4 is 0 Å². The van der Waals surface area contributed by atoms with Gasteiger partial charge in [0.05, 0.1) is 0 Å². The molecule has 0 aromatic heterocycles. The van der Waals surface area contributed by atoms with E-state index in [1.165, 1.54) is 6.07 Å². The van der Waals surface area contributed by atoms with Gasteiger partial charge in [-0.1, -0.05) is 10.0 Å². The molecule has 63 valence electrons. The van der Waals surface area contributed by atoms with Gasteiger partial charge in [0.25, 0.3) is 0 Å². The van der Waals surface area contributed by atoms with Crippen molar-refractivity contribution in [2.45, 2.75) is 0 Å². The molecule has 5 heteroatoms. The van der Waals surface area contributed by atoms with Crippen molar-refractivity contribution in [1.82, 2.24) is 0 Å². The summed E-state index contributed by atoms with van der Waals surface area (Å²) in [5, 5.41) is 1.16. The Labute approximate surface area is 95.0 Å². The van der Waals surface area contributed by atoms with Gasteiger partial charge >= 0.3 is 0 Å². The van der Waals surface area contributed by atoms with Crippen molar-refractivity contribution in [1.29, 1.82) is 0 Å². The molecule has 0 saturated heterocycles. The molecule has 0 aliphatic carbocycles. The van der Waals surface area contributed by atoms with Crippen LogP contribution in [0.1, 0.15) is 0 Å². The van der Waals surface area contributed by atoms with E-state index in [0.717, 1.165) is 0 Å². The smallest absolute Gasteiger partial charge is 0 e. The van der Waals surface area contributed by atoms with Gasteiger partial charge < -0.3 is 0 Å². The van der Waals surface area contributed by atoms with Crippen molar-refractivity contribution in [2.24, 2.45) is 0 Å². The van der Waals surface area contributed by atoms with Crippen molar-refractivity contribution < 1.29 is 16.8 Å². The van der Waals surface area contributed by atoms with Crippen LogP contribution in [0.5, 0.6) is 0 Å². The maximum atomic E-state index is 5.61. The molecule has 1 aromatic rings. The van der Waals surface area contributed by atoms with Crippen molar-refractivity contribution >= 4 is 46.4 Å². The Balaban J connectivity index is 0.000001000. The predicted octanol–water partition coefficient (Wildman–Crippen LogP) is 4.10. The molecule has 0 unspecified atom stereocenters. The fourth-order valence-electron chi connectivity index (χ4n) is 0.455. The van der Waals surface area contributed by atoms with Gasteiger partial charge in [0.15, 0.2) is 0 Å². The van der Waals surface area contributed by atoms with Crippen molar-refractivity contribution in [2.75, 3.05) is 0 Å². The minimum Gasteiger partial charge on any atom is -0.165 e. The monoisotopic (exact) mass is 272 g/mol. The van der Waals surface area contributed by atoms with Crippen LogP contribution in [0.25, 0.3) is 0 Å². The molecule has 0 aliphatic rings. The van der Waals surface area contributed by atoms with E-state index in [-0.39, 0.29) is 31.8 Å². The molecule has 0 N–H and O–H groups in total. The number of rotatable bonds is 0. The molecular weight excluding hydrogens is 273 g/mol. The number of hydrogen-bond acceptors (Lipinski definition) is 0. The zero-order valence-electron chi connectivity index (χ0n) is 4.92. The van der Waals surface area contributed by atoms with E-state index < -0.39 is 0 Å². The zero-order chi connectivity index (χ0) is 7.72. The Kier molecular flexibility index (Phi) is 5.19. The summed E-state index contributed by atoms with van der Waals surface area (Å²) in [5.74, 6) is 0. The fraction of sp³-hybridized carbons (Fsp3) is 0. The van der Waals surface area contributed by atoms with Gasteiger partial charge in [0, 0.05) is 16.8 Å². The molecule has 1 aromatic carbocycles. The van der Waals surface area contributed by atoms with Crippen LogP contribution in [0.2, 0.25) is 20.1 Å². The van der Waals surface area contributed by atoms with Crippen LogP contribution in [-0.4, -0.2) is 0 Å². The van der Waals surface area contributed by atoms with Gasteiger partial charge in [-0.25, -0.2) is 0 Å². The largest absolute Gasteiger partial charge is 0.165 e. The normalized spacial score (nSPS) is 9.09. The molecule has 11 heavy (non-hydrogen) atoms. The third kappa shape index (κ3) is 2.69. The first-order valence-corrected chi connectivity index (χ1v) is 3.85. The average molecular weight is 274 g/mol. The van der Waals surface area contributed by atoms with E-state index in [1.807, 2.05) is 0 Å². The summed E-state index contributed by atoms with van der Waals surface area (Å²) in [6.07, 6.45) is 0. The van der Waals surface area contributed by atoms with Gasteiger partial charge in [0.2, 0.25) is 0 Å². The summed E-state index contributed by atoms with van der Waals surface area (Å²) >= 11 is 22.4. The summed E-state index contributed by atoms with van der Waals surface area (Å²) < 4.78 is 0. The van der Waals surface area contributed by atoms with E-state index >= 15 is 0 Å². The topological polar surface area (TPSA) is 0 Å². The predicted molar refractivity (Wildman–Crippen MR) is 45.3 cm³/mol. The molecule has 0 amide bonds. The maximum Gasteiger partial charge on any atom is 0 e. The molecule has 0 fully saturated rings. The molecule has 0 spiro atoms. The van der Waals surface area contributed by atoms with E-state index in [4.69, 9.17) is 46.4 Å². The summed E-state index contributed by atoms with van der Waals surface area (Å²) in [6, 6.07) is 4.10. The molecule has 0 nitrogen and oxygen atoms in total. The van der Waals surface area contributed by atoms with E-state index in [1.54, 1.807) is 0 Å². The minimum atomic E-state index is 0. The van der Waals surface area contributed by atoms with Gasteiger partial charge in [0.1, 0.15) is 0 Å². The molecular formula is C6HCl4Co-. The molecule has 1 radical (unpaired) electrons. The number of benzene rings is 1. The van der Waals surface area contributed by atoms with E-state index in [9.17, 15) is 0 Å². The van der Waals surface area contributed by atoms with Crippen LogP contribution in [0, 0.1) is 6.07 Å². The Hall–Kier alpha value is 0.886. The first kappa shape index (κ1) is 11.9. The molecule has 1 rings (SSSR count). The molecule has 0 saturated carbocycles.